The van der Waals surface area contributed by atoms with Crippen molar-refractivity contribution in [1.82, 2.24) is 4.90 Å². The number of hydrogen-bond acceptors (Lipinski definition) is 2. The summed E-state index contributed by atoms with van der Waals surface area (Å²) < 4.78 is 39.6. The third-order valence-corrected chi connectivity index (χ3v) is 4.31. The number of nitrogens with two attached hydrogens (primary N) is 1. The van der Waals surface area contributed by atoms with Crippen molar-refractivity contribution in [1.29, 1.82) is 0 Å². The smallest absolute Gasteiger partial charge is 0.329 e. The molecule has 0 saturated carbocycles. The van der Waals surface area contributed by atoms with Crippen LogP contribution in [0, 0.1) is 5.92 Å². The van der Waals surface area contributed by atoms with Gasteiger partial charge in [-0.1, -0.05) is 28.1 Å². The summed E-state index contributed by atoms with van der Waals surface area (Å²) >= 11 is 3.39. The van der Waals surface area contributed by atoms with Gasteiger partial charge >= 0.3 is 6.18 Å². The molecule has 1 saturated heterocycles. The van der Waals surface area contributed by atoms with E-state index in [0.717, 1.165) is 10.0 Å². The van der Waals surface area contributed by atoms with E-state index >= 15 is 0 Å². The third-order valence-electron chi connectivity index (χ3n) is 3.81. The van der Waals surface area contributed by atoms with Crippen LogP contribution in [-0.4, -0.2) is 30.7 Å². The number of likely N-dealkylation sites (tertiary alicyclic amines) is 1. The Morgan fingerprint density at radius 1 is 1.40 bits per heavy atom. The summed E-state index contributed by atoms with van der Waals surface area (Å²) in [7, 11) is 0. The average Bonchev–Trinajstić information content (AvgIpc) is 2.39. The highest BCUT2D eigenvalue weighted by Gasteiger charge is 2.42. The van der Waals surface area contributed by atoms with Crippen molar-refractivity contribution in [3.05, 3.63) is 34.3 Å². The minimum atomic E-state index is -4.12. The molecule has 0 radical (unpaired) electrons. The van der Waals surface area contributed by atoms with Gasteiger partial charge in [0.05, 0.1) is 5.92 Å². The molecule has 0 aliphatic carbocycles. The van der Waals surface area contributed by atoms with Crippen LogP contribution >= 0.6 is 15.9 Å². The molecule has 0 bridgehead atoms. The third kappa shape index (κ3) is 3.74. The topological polar surface area (TPSA) is 29.3 Å². The average molecular weight is 351 g/mol. The molecular weight excluding hydrogens is 333 g/mol. The SMILES string of the molecule is NCC(c1cccc(Br)c1)N1CCCC(C(F)(F)F)C1. The molecule has 20 heavy (non-hydrogen) atoms. The van der Waals surface area contributed by atoms with Crippen LogP contribution in [0.3, 0.4) is 0 Å². The van der Waals surface area contributed by atoms with Crippen LogP contribution in [0.5, 0.6) is 0 Å². The maximum absolute atomic E-state index is 12.9. The highest BCUT2D eigenvalue weighted by atomic mass is 79.9. The maximum atomic E-state index is 12.9. The van der Waals surface area contributed by atoms with E-state index in [1.165, 1.54) is 0 Å². The van der Waals surface area contributed by atoms with Crippen LogP contribution < -0.4 is 5.73 Å². The lowest BCUT2D eigenvalue weighted by molar-refractivity contribution is -0.188. The van der Waals surface area contributed by atoms with Crippen molar-refractivity contribution in [2.24, 2.45) is 11.7 Å². The zero-order chi connectivity index (χ0) is 14.8. The molecule has 2 atom stereocenters. The van der Waals surface area contributed by atoms with E-state index in [0.29, 0.717) is 19.5 Å². The Kier molecular flexibility index (Phi) is 5.09. The van der Waals surface area contributed by atoms with E-state index in [4.69, 9.17) is 5.73 Å². The molecule has 112 valence electrons. The Balaban J connectivity index is 2.15. The highest BCUT2D eigenvalue weighted by Crippen LogP contribution is 2.36. The monoisotopic (exact) mass is 350 g/mol. The molecule has 1 aromatic rings. The summed E-state index contributed by atoms with van der Waals surface area (Å²) in [5.41, 5.74) is 6.76. The van der Waals surface area contributed by atoms with Crippen molar-refractivity contribution in [2.75, 3.05) is 19.6 Å². The molecule has 1 aliphatic rings. The Labute approximate surface area is 125 Å². The fraction of sp³-hybridized carbons (Fsp3) is 0.571. The number of halogens is 4. The van der Waals surface area contributed by atoms with E-state index in [2.05, 4.69) is 15.9 Å². The molecule has 2 unspecified atom stereocenters. The molecule has 2 rings (SSSR count). The van der Waals surface area contributed by atoms with Gasteiger partial charge in [-0.05, 0) is 37.1 Å². The summed E-state index contributed by atoms with van der Waals surface area (Å²) in [5.74, 6) is -1.24. The first-order valence-corrected chi connectivity index (χ1v) is 7.47. The molecule has 0 spiro atoms. The van der Waals surface area contributed by atoms with Gasteiger partial charge in [0.25, 0.3) is 0 Å². The van der Waals surface area contributed by atoms with Gasteiger partial charge in [-0.3, -0.25) is 4.90 Å². The van der Waals surface area contributed by atoms with E-state index < -0.39 is 12.1 Å². The molecule has 1 fully saturated rings. The Morgan fingerprint density at radius 2 is 2.15 bits per heavy atom. The largest absolute Gasteiger partial charge is 0.393 e. The van der Waals surface area contributed by atoms with Crippen molar-refractivity contribution in [3.8, 4) is 0 Å². The fourth-order valence-corrected chi connectivity index (χ4v) is 3.18. The molecule has 2 nitrogen and oxygen atoms in total. The van der Waals surface area contributed by atoms with Gasteiger partial charge in [0, 0.05) is 23.6 Å². The molecule has 0 amide bonds. The van der Waals surface area contributed by atoms with E-state index in [1.54, 1.807) is 0 Å². The summed E-state index contributed by atoms with van der Waals surface area (Å²) in [6, 6.07) is 7.46. The van der Waals surface area contributed by atoms with E-state index in [-0.39, 0.29) is 19.0 Å². The van der Waals surface area contributed by atoms with Crippen molar-refractivity contribution < 1.29 is 13.2 Å². The quantitative estimate of drug-likeness (QED) is 0.899. The number of alkyl halides is 3. The van der Waals surface area contributed by atoms with E-state index in [1.807, 2.05) is 29.2 Å². The predicted octanol–water partition coefficient (Wildman–Crippen LogP) is 3.72. The second-order valence-electron chi connectivity index (χ2n) is 5.18. The van der Waals surface area contributed by atoms with Gasteiger partial charge in [0.15, 0.2) is 0 Å². The maximum Gasteiger partial charge on any atom is 0.393 e. The molecule has 1 aliphatic heterocycles. The fourth-order valence-electron chi connectivity index (χ4n) is 2.77. The zero-order valence-corrected chi connectivity index (χ0v) is 12.6. The number of hydrogen-bond donors (Lipinski definition) is 1. The van der Waals surface area contributed by atoms with Crippen LogP contribution in [0.1, 0.15) is 24.4 Å². The number of piperidine rings is 1. The van der Waals surface area contributed by atoms with Crippen LogP contribution in [0.4, 0.5) is 13.2 Å². The second-order valence-corrected chi connectivity index (χ2v) is 6.10. The molecule has 0 aromatic heterocycles. The first-order chi connectivity index (χ1) is 9.41. The standard InChI is InChI=1S/C14H18BrF3N2/c15-12-5-1-3-10(7-12)13(8-19)20-6-2-4-11(9-20)14(16,17)18/h1,3,5,7,11,13H,2,4,6,8-9,19H2. The van der Waals surface area contributed by atoms with Crippen LogP contribution in [0.25, 0.3) is 0 Å². The molecule has 1 aromatic carbocycles. The Morgan fingerprint density at radius 3 is 2.75 bits per heavy atom. The van der Waals surface area contributed by atoms with Crippen LogP contribution in [0.2, 0.25) is 0 Å². The predicted molar refractivity (Wildman–Crippen MR) is 76.3 cm³/mol. The van der Waals surface area contributed by atoms with Crippen LogP contribution in [0.15, 0.2) is 28.7 Å². The van der Waals surface area contributed by atoms with Gasteiger partial charge in [-0.2, -0.15) is 13.2 Å². The lowest BCUT2D eigenvalue weighted by Gasteiger charge is -2.38. The number of nitrogens with zero attached hydrogens (tertiary/aromatic N) is 1. The first kappa shape index (κ1) is 15.8. The molecule has 2 N–H and O–H groups in total. The Hall–Kier alpha value is -0.590. The number of benzene rings is 1. The van der Waals surface area contributed by atoms with Crippen LogP contribution in [-0.2, 0) is 0 Å². The highest BCUT2D eigenvalue weighted by molar-refractivity contribution is 9.10. The Bertz CT molecular complexity index is 450. The summed E-state index contributed by atoms with van der Waals surface area (Å²) in [5, 5.41) is 0. The van der Waals surface area contributed by atoms with Gasteiger partial charge in [-0.15, -0.1) is 0 Å². The summed E-state index contributed by atoms with van der Waals surface area (Å²) in [6.07, 6.45) is -3.33. The van der Waals surface area contributed by atoms with E-state index in [9.17, 15) is 13.2 Å². The van der Waals surface area contributed by atoms with Crippen molar-refractivity contribution >= 4 is 15.9 Å². The van der Waals surface area contributed by atoms with Gasteiger partial charge in [0.2, 0.25) is 0 Å². The second kappa shape index (κ2) is 6.45. The van der Waals surface area contributed by atoms with Crippen molar-refractivity contribution in [2.45, 2.75) is 25.1 Å². The molecular formula is C14H18BrF3N2. The minimum absolute atomic E-state index is 0.0396. The lowest BCUT2D eigenvalue weighted by atomic mass is 9.94. The van der Waals surface area contributed by atoms with Gasteiger partial charge < -0.3 is 5.73 Å². The van der Waals surface area contributed by atoms with Gasteiger partial charge in [-0.25, -0.2) is 0 Å². The van der Waals surface area contributed by atoms with Gasteiger partial charge in [0.1, 0.15) is 0 Å². The zero-order valence-electron chi connectivity index (χ0n) is 11.0. The number of rotatable bonds is 3. The minimum Gasteiger partial charge on any atom is -0.329 e. The molecule has 6 heteroatoms. The normalized spacial score (nSPS) is 22.8. The summed E-state index contributed by atoms with van der Waals surface area (Å²) in [6.45, 7) is 1.03. The molecule has 1 heterocycles. The lowest BCUT2D eigenvalue weighted by Crippen LogP contribution is -2.45. The first-order valence-electron chi connectivity index (χ1n) is 6.68. The summed E-state index contributed by atoms with van der Waals surface area (Å²) in [4.78, 5) is 1.86. The van der Waals surface area contributed by atoms with Crippen molar-refractivity contribution in [3.63, 3.8) is 0 Å².